The number of hydrogen-bond acceptors (Lipinski definition) is 2. The number of para-hydroxylation sites is 1. The van der Waals surface area contributed by atoms with Gasteiger partial charge < -0.3 is 4.42 Å². The van der Waals surface area contributed by atoms with Gasteiger partial charge in [0.25, 0.3) is 0 Å². The molecule has 116 valence electrons. The Morgan fingerprint density at radius 3 is 2.54 bits per heavy atom. The number of hydrogen-bond donors (Lipinski definition) is 0. The summed E-state index contributed by atoms with van der Waals surface area (Å²) in [7, 11) is 0. The topological polar surface area (TPSA) is 25.5 Å². The van der Waals surface area contributed by atoms with E-state index in [0.29, 0.717) is 6.54 Å². The van der Waals surface area contributed by atoms with Gasteiger partial charge in [-0.1, -0.05) is 72.8 Å². The van der Waals surface area contributed by atoms with Gasteiger partial charge in [0.05, 0.1) is 6.54 Å². The smallest absolute Gasteiger partial charge is 0.134 e. The maximum absolute atomic E-state index is 5.51. The third kappa shape index (κ3) is 2.86. The quantitative estimate of drug-likeness (QED) is 0.443. The standard InChI is InChI=1S/C22H17NO/c1-2-11-20-17(7-1)8-5-9-18(20)10-6-14-23-15-19-16-24-22-13-4-3-12-21(19)22/h1-13,15-16H,14H2. The average molecular weight is 311 g/mol. The number of furan rings is 1. The molecule has 0 aliphatic carbocycles. The van der Waals surface area contributed by atoms with E-state index in [1.54, 1.807) is 6.26 Å². The Hall–Kier alpha value is -3.13. The molecule has 0 spiro atoms. The van der Waals surface area contributed by atoms with Crippen molar-refractivity contribution in [3.8, 4) is 0 Å². The second-order valence-corrected chi connectivity index (χ2v) is 5.65. The number of benzene rings is 3. The van der Waals surface area contributed by atoms with Crippen LogP contribution in [0.15, 0.2) is 88.5 Å². The number of rotatable bonds is 4. The van der Waals surface area contributed by atoms with Gasteiger partial charge in [-0.2, -0.15) is 0 Å². The fraction of sp³-hybridized carbons (Fsp3) is 0.0455. The number of aliphatic imine (C=N–C) groups is 1. The second kappa shape index (κ2) is 6.55. The molecule has 0 aliphatic heterocycles. The molecular formula is C22H17NO. The minimum absolute atomic E-state index is 0.642. The Balaban J connectivity index is 1.49. The van der Waals surface area contributed by atoms with E-state index in [1.807, 2.05) is 30.5 Å². The zero-order chi connectivity index (χ0) is 16.2. The third-order valence-corrected chi connectivity index (χ3v) is 4.07. The number of fused-ring (bicyclic) bond motifs is 2. The molecule has 0 fully saturated rings. The van der Waals surface area contributed by atoms with Crippen molar-refractivity contribution in [1.82, 2.24) is 0 Å². The van der Waals surface area contributed by atoms with Gasteiger partial charge in [0.2, 0.25) is 0 Å². The Bertz CT molecular complexity index is 1030. The molecule has 3 aromatic carbocycles. The predicted molar refractivity (Wildman–Crippen MR) is 102 cm³/mol. The fourth-order valence-electron chi connectivity index (χ4n) is 2.89. The van der Waals surface area contributed by atoms with E-state index in [9.17, 15) is 0 Å². The summed E-state index contributed by atoms with van der Waals surface area (Å²) in [5.41, 5.74) is 3.13. The van der Waals surface area contributed by atoms with Crippen molar-refractivity contribution in [3.05, 3.63) is 90.2 Å². The molecule has 0 unspecified atom stereocenters. The lowest BCUT2D eigenvalue weighted by molar-refractivity contribution is 0.615. The van der Waals surface area contributed by atoms with Crippen LogP contribution in [0.1, 0.15) is 11.1 Å². The van der Waals surface area contributed by atoms with E-state index in [4.69, 9.17) is 4.42 Å². The highest BCUT2D eigenvalue weighted by atomic mass is 16.3. The predicted octanol–water partition coefficient (Wildman–Crippen LogP) is 5.72. The van der Waals surface area contributed by atoms with Crippen LogP contribution in [0.25, 0.3) is 27.8 Å². The molecule has 4 aromatic rings. The first kappa shape index (κ1) is 14.5. The van der Waals surface area contributed by atoms with Gasteiger partial charge in [0.15, 0.2) is 0 Å². The molecule has 2 heteroatoms. The Morgan fingerprint density at radius 1 is 0.792 bits per heavy atom. The van der Waals surface area contributed by atoms with Crippen LogP contribution in [0.5, 0.6) is 0 Å². The van der Waals surface area contributed by atoms with E-state index in [1.165, 1.54) is 16.3 Å². The van der Waals surface area contributed by atoms with E-state index >= 15 is 0 Å². The van der Waals surface area contributed by atoms with Crippen LogP contribution in [-0.2, 0) is 0 Å². The molecule has 0 amide bonds. The highest BCUT2D eigenvalue weighted by Crippen LogP contribution is 2.20. The molecular weight excluding hydrogens is 294 g/mol. The van der Waals surface area contributed by atoms with Gasteiger partial charge >= 0.3 is 0 Å². The number of nitrogens with zero attached hydrogens (tertiary/aromatic N) is 1. The first-order valence-corrected chi connectivity index (χ1v) is 8.02. The van der Waals surface area contributed by atoms with Crippen molar-refractivity contribution in [3.63, 3.8) is 0 Å². The van der Waals surface area contributed by atoms with Crippen molar-refractivity contribution in [1.29, 1.82) is 0 Å². The molecule has 1 aromatic heterocycles. The molecule has 4 rings (SSSR count). The molecule has 0 N–H and O–H groups in total. The SMILES string of the molecule is C(=Cc1cccc2ccccc12)CN=Cc1coc2ccccc12. The molecule has 0 saturated carbocycles. The Morgan fingerprint density at radius 2 is 1.58 bits per heavy atom. The van der Waals surface area contributed by atoms with Crippen molar-refractivity contribution >= 4 is 34.0 Å². The average Bonchev–Trinajstić information content (AvgIpc) is 3.05. The molecule has 0 radical (unpaired) electrons. The fourth-order valence-corrected chi connectivity index (χ4v) is 2.89. The monoisotopic (exact) mass is 311 g/mol. The lowest BCUT2D eigenvalue weighted by Crippen LogP contribution is -1.81. The van der Waals surface area contributed by atoms with Gasteiger partial charge in [0, 0.05) is 17.2 Å². The summed E-state index contributed by atoms with van der Waals surface area (Å²) < 4.78 is 5.51. The van der Waals surface area contributed by atoms with Gasteiger partial charge in [-0.15, -0.1) is 0 Å². The Kier molecular flexibility index (Phi) is 3.95. The highest BCUT2D eigenvalue weighted by molar-refractivity contribution is 5.97. The van der Waals surface area contributed by atoms with Crippen LogP contribution in [-0.4, -0.2) is 12.8 Å². The van der Waals surface area contributed by atoms with Gasteiger partial charge in [-0.25, -0.2) is 0 Å². The van der Waals surface area contributed by atoms with E-state index in [0.717, 1.165) is 16.5 Å². The lowest BCUT2D eigenvalue weighted by Gasteiger charge is -2.01. The molecule has 0 aliphatic rings. The van der Waals surface area contributed by atoms with Crippen molar-refractivity contribution in [2.45, 2.75) is 0 Å². The summed E-state index contributed by atoms with van der Waals surface area (Å²) in [6, 6.07) is 22.8. The maximum atomic E-state index is 5.51. The summed E-state index contributed by atoms with van der Waals surface area (Å²) in [6.07, 6.45) is 7.84. The Labute approximate surface area is 140 Å². The minimum Gasteiger partial charge on any atom is -0.464 e. The van der Waals surface area contributed by atoms with Crippen LogP contribution in [0, 0.1) is 0 Å². The summed E-state index contributed by atoms with van der Waals surface area (Å²) >= 11 is 0. The maximum Gasteiger partial charge on any atom is 0.134 e. The van der Waals surface area contributed by atoms with Crippen molar-refractivity contribution < 1.29 is 4.42 Å². The summed E-state index contributed by atoms with van der Waals surface area (Å²) in [4.78, 5) is 4.49. The van der Waals surface area contributed by atoms with Crippen LogP contribution >= 0.6 is 0 Å². The van der Waals surface area contributed by atoms with E-state index in [-0.39, 0.29) is 0 Å². The molecule has 24 heavy (non-hydrogen) atoms. The first-order valence-electron chi connectivity index (χ1n) is 8.02. The van der Waals surface area contributed by atoms with Gasteiger partial charge in [-0.05, 0) is 22.4 Å². The lowest BCUT2D eigenvalue weighted by atomic mass is 10.0. The molecule has 1 heterocycles. The molecule has 0 saturated heterocycles. The zero-order valence-electron chi connectivity index (χ0n) is 13.2. The van der Waals surface area contributed by atoms with Gasteiger partial charge in [0.1, 0.15) is 11.8 Å². The van der Waals surface area contributed by atoms with Crippen LogP contribution in [0.4, 0.5) is 0 Å². The minimum atomic E-state index is 0.642. The van der Waals surface area contributed by atoms with E-state index < -0.39 is 0 Å². The highest BCUT2D eigenvalue weighted by Gasteiger charge is 2.01. The molecule has 2 nitrogen and oxygen atoms in total. The normalized spacial score (nSPS) is 12.0. The van der Waals surface area contributed by atoms with Crippen molar-refractivity contribution in [2.75, 3.05) is 6.54 Å². The summed E-state index contributed by atoms with van der Waals surface area (Å²) in [5, 5.41) is 3.62. The van der Waals surface area contributed by atoms with Gasteiger partial charge in [-0.3, -0.25) is 4.99 Å². The largest absolute Gasteiger partial charge is 0.464 e. The second-order valence-electron chi connectivity index (χ2n) is 5.65. The zero-order valence-corrected chi connectivity index (χ0v) is 13.2. The van der Waals surface area contributed by atoms with Crippen LogP contribution in [0.3, 0.4) is 0 Å². The van der Waals surface area contributed by atoms with Crippen LogP contribution < -0.4 is 0 Å². The first-order chi connectivity index (χ1) is 11.9. The molecule has 0 bridgehead atoms. The molecule has 0 atom stereocenters. The van der Waals surface area contributed by atoms with E-state index in [2.05, 4.69) is 59.6 Å². The third-order valence-electron chi connectivity index (χ3n) is 4.07. The van der Waals surface area contributed by atoms with Crippen LogP contribution in [0.2, 0.25) is 0 Å². The van der Waals surface area contributed by atoms with Crippen molar-refractivity contribution in [2.24, 2.45) is 4.99 Å². The summed E-state index contributed by atoms with van der Waals surface area (Å²) in [6.45, 7) is 0.642. The summed E-state index contributed by atoms with van der Waals surface area (Å²) in [5.74, 6) is 0.